The third kappa shape index (κ3) is 5.58. The molecule has 0 bridgehead atoms. The Morgan fingerprint density at radius 3 is 2.29 bits per heavy atom. The van der Waals surface area contributed by atoms with Crippen molar-refractivity contribution in [1.29, 1.82) is 0 Å². The Balaban J connectivity index is 3.88. The van der Waals surface area contributed by atoms with Crippen LogP contribution >= 0.6 is 0 Å². The average molecular weight is 202 g/mol. The minimum absolute atomic E-state index is 0.207. The largest absolute Gasteiger partial charge is 0.395 e. The van der Waals surface area contributed by atoms with Crippen LogP contribution in [0.2, 0.25) is 0 Å². The molecule has 0 saturated heterocycles. The molecule has 0 aromatic carbocycles. The van der Waals surface area contributed by atoms with Crippen molar-refractivity contribution in [2.75, 3.05) is 33.3 Å². The van der Waals surface area contributed by atoms with E-state index in [9.17, 15) is 0 Å². The lowest BCUT2D eigenvalue weighted by Gasteiger charge is -2.27. The molecule has 0 aliphatic carbocycles. The van der Waals surface area contributed by atoms with Crippen LogP contribution in [-0.2, 0) is 0 Å². The molecule has 0 amide bonds. The van der Waals surface area contributed by atoms with Gasteiger partial charge in [0, 0.05) is 19.1 Å². The number of aliphatic hydroxyl groups is 1. The molecule has 86 valence electrons. The predicted octanol–water partition coefficient (Wildman–Crippen LogP) is 0.935. The second-order valence-corrected chi connectivity index (χ2v) is 4.03. The van der Waals surface area contributed by atoms with Crippen molar-refractivity contribution in [3.05, 3.63) is 0 Å². The van der Waals surface area contributed by atoms with Crippen LogP contribution in [0.1, 0.15) is 27.2 Å². The summed E-state index contributed by atoms with van der Waals surface area (Å²) in [4.78, 5) is 2.39. The van der Waals surface area contributed by atoms with Crippen LogP contribution in [0.4, 0.5) is 0 Å². The van der Waals surface area contributed by atoms with Crippen molar-refractivity contribution in [2.45, 2.75) is 33.2 Å². The summed E-state index contributed by atoms with van der Waals surface area (Å²) in [5.74, 6) is 0.742. The van der Waals surface area contributed by atoms with Gasteiger partial charge in [0.25, 0.3) is 0 Å². The summed E-state index contributed by atoms with van der Waals surface area (Å²) in [5, 5.41) is 12.2. The van der Waals surface area contributed by atoms with Gasteiger partial charge in [0.15, 0.2) is 0 Å². The van der Waals surface area contributed by atoms with Gasteiger partial charge in [-0.25, -0.2) is 0 Å². The maximum Gasteiger partial charge on any atom is 0.0597 e. The first-order valence-electron chi connectivity index (χ1n) is 5.68. The third-order valence-corrected chi connectivity index (χ3v) is 2.82. The molecule has 0 radical (unpaired) electrons. The topological polar surface area (TPSA) is 35.5 Å². The summed E-state index contributed by atoms with van der Waals surface area (Å²) in [6.07, 6.45) is 1.22. The molecule has 0 aromatic heterocycles. The standard InChI is InChI=1S/C11H26N2O/c1-5-10(3)7-13(6-2)8-11(9-14)12-4/h10-12,14H,5-9H2,1-4H3. The van der Waals surface area contributed by atoms with Gasteiger partial charge < -0.3 is 15.3 Å². The van der Waals surface area contributed by atoms with Gasteiger partial charge in [-0.1, -0.05) is 27.2 Å². The molecule has 0 aliphatic heterocycles. The van der Waals surface area contributed by atoms with Gasteiger partial charge >= 0.3 is 0 Å². The first-order valence-corrected chi connectivity index (χ1v) is 5.68. The minimum Gasteiger partial charge on any atom is -0.395 e. The van der Waals surface area contributed by atoms with Crippen LogP contribution in [0.3, 0.4) is 0 Å². The summed E-state index contributed by atoms with van der Waals surface area (Å²) in [6.45, 7) is 10.0. The number of nitrogens with zero attached hydrogens (tertiary/aromatic N) is 1. The van der Waals surface area contributed by atoms with E-state index >= 15 is 0 Å². The normalized spacial score (nSPS) is 15.9. The predicted molar refractivity (Wildman–Crippen MR) is 61.5 cm³/mol. The lowest BCUT2D eigenvalue weighted by Crippen LogP contribution is -2.43. The molecule has 3 heteroatoms. The number of aliphatic hydroxyl groups excluding tert-OH is 1. The van der Waals surface area contributed by atoms with E-state index in [-0.39, 0.29) is 12.6 Å². The lowest BCUT2D eigenvalue weighted by molar-refractivity contribution is 0.176. The van der Waals surface area contributed by atoms with Gasteiger partial charge in [-0.3, -0.25) is 0 Å². The molecule has 14 heavy (non-hydrogen) atoms. The Kier molecular flexibility index (Phi) is 8.14. The van der Waals surface area contributed by atoms with Crippen LogP contribution in [0.15, 0.2) is 0 Å². The van der Waals surface area contributed by atoms with E-state index < -0.39 is 0 Å². The highest BCUT2D eigenvalue weighted by molar-refractivity contribution is 4.70. The van der Waals surface area contributed by atoms with Crippen molar-refractivity contribution < 1.29 is 5.11 Å². The second-order valence-electron chi connectivity index (χ2n) is 4.03. The van der Waals surface area contributed by atoms with Gasteiger partial charge in [0.2, 0.25) is 0 Å². The van der Waals surface area contributed by atoms with Crippen molar-refractivity contribution >= 4 is 0 Å². The first-order chi connectivity index (χ1) is 6.67. The summed E-state index contributed by atoms with van der Waals surface area (Å²) in [6, 6.07) is 0.207. The van der Waals surface area contributed by atoms with Crippen molar-refractivity contribution in [2.24, 2.45) is 5.92 Å². The Morgan fingerprint density at radius 1 is 1.29 bits per heavy atom. The summed E-state index contributed by atoms with van der Waals surface area (Å²) in [5.41, 5.74) is 0. The smallest absolute Gasteiger partial charge is 0.0597 e. The monoisotopic (exact) mass is 202 g/mol. The zero-order valence-corrected chi connectivity index (χ0v) is 10.1. The fourth-order valence-electron chi connectivity index (χ4n) is 1.45. The fourth-order valence-corrected chi connectivity index (χ4v) is 1.45. The lowest BCUT2D eigenvalue weighted by atomic mass is 10.1. The molecular weight excluding hydrogens is 176 g/mol. The van der Waals surface area contributed by atoms with E-state index in [1.165, 1.54) is 6.42 Å². The van der Waals surface area contributed by atoms with E-state index in [1.54, 1.807) is 0 Å². The van der Waals surface area contributed by atoms with Gasteiger partial charge in [-0.05, 0) is 19.5 Å². The van der Waals surface area contributed by atoms with Crippen LogP contribution in [-0.4, -0.2) is 49.3 Å². The molecule has 0 aliphatic rings. The average Bonchev–Trinajstić information content (AvgIpc) is 2.23. The second kappa shape index (κ2) is 8.21. The molecule has 0 fully saturated rings. The van der Waals surface area contributed by atoms with E-state index in [4.69, 9.17) is 5.11 Å². The molecule has 2 atom stereocenters. The van der Waals surface area contributed by atoms with Crippen molar-refractivity contribution in [3.8, 4) is 0 Å². The maximum absolute atomic E-state index is 9.07. The molecule has 2 unspecified atom stereocenters. The SMILES string of the molecule is CCC(C)CN(CC)CC(CO)NC. The number of rotatable bonds is 8. The minimum atomic E-state index is 0.207. The van der Waals surface area contributed by atoms with Crippen LogP contribution in [0.5, 0.6) is 0 Å². The van der Waals surface area contributed by atoms with E-state index in [0.29, 0.717) is 0 Å². The summed E-state index contributed by atoms with van der Waals surface area (Å²) >= 11 is 0. The highest BCUT2D eigenvalue weighted by Gasteiger charge is 2.12. The Hall–Kier alpha value is -0.120. The van der Waals surface area contributed by atoms with E-state index in [0.717, 1.165) is 25.6 Å². The molecule has 2 N–H and O–H groups in total. The Morgan fingerprint density at radius 2 is 1.93 bits per heavy atom. The summed E-state index contributed by atoms with van der Waals surface area (Å²) < 4.78 is 0. The van der Waals surface area contributed by atoms with Gasteiger partial charge in [-0.2, -0.15) is 0 Å². The van der Waals surface area contributed by atoms with Crippen LogP contribution < -0.4 is 5.32 Å². The molecule has 0 saturated carbocycles. The van der Waals surface area contributed by atoms with Gasteiger partial charge in [0.1, 0.15) is 0 Å². The van der Waals surface area contributed by atoms with E-state index in [1.807, 2.05) is 7.05 Å². The Labute approximate surface area is 88.5 Å². The highest BCUT2D eigenvalue weighted by Crippen LogP contribution is 2.04. The van der Waals surface area contributed by atoms with Crippen molar-refractivity contribution in [1.82, 2.24) is 10.2 Å². The maximum atomic E-state index is 9.07. The molecule has 0 aromatic rings. The number of nitrogens with one attached hydrogen (secondary N) is 1. The third-order valence-electron chi connectivity index (χ3n) is 2.82. The molecular formula is C11H26N2O. The first kappa shape index (κ1) is 13.9. The van der Waals surface area contributed by atoms with Crippen molar-refractivity contribution in [3.63, 3.8) is 0 Å². The van der Waals surface area contributed by atoms with E-state index in [2.05, 4.69) is 31.0 Å². The molecule has 0 heterocycles. The highest BCUT2D eigenvalue weighted by atomic mass is 16.3. The fraction of sp³-hybridized carbons (Fsp3) is 1.00. The molecule has 0 rings (SSSR count). The van der Waals surface area contributed by atoms with Crippen LogP contribution in [0.25, 0.3) is 0 Å². The van der Waals surface area contributed by atoms with Crippen LogP contribution in [0, 0.1) is 5.92 Å². The number of likely N-dealkylation sites (N-methyl/N-ethyl adjacent to an activating group) is 2. The summed E-state index contributed by atoms with van der Waals surface area (Å²) in [7, 11) is 1.90. The van der Waals surface area contributed by atoms with Gasteiger partial charge in [0.05, 0.1) is 6.61 Å². The molecule has 3 nitrogen and oxygen atoms in total. The quantitative estimate of drug-likeness (QED) is 0.615. The van der Waals surface area contributed by atoms with Gasteiger partial charge in [-0.15, -0.1) is 0 Å². The number of hydrogen-bond donors (Lipinski definition) is 2. The zero-order valence-electron chi connectivity index (χ0n) is 10.1. The number of hydrogen-bond acceptors (Lipinski definition) is 3. The Bertz CT molecular complexity index is 126. The molecule has 0 spiro atoms. The zero-order chi connectivity index (χ0) is 11.0.